The van der Waals surface area contributed by atoms with Crippen LogP contribution in [-0.2, 0) is 0 Å². The van der Waals surface area contributed by atoms with Crippen molar-refractivity contribution in [1.82, 2.24) is 15.5 Å². The van der Waals surface area contributed by atoms with Gasteiger partial charge in [-0.15, -0.1) is 0 Å². The molecule has 0 aliphatic heterocycles. The van der Waals surface area contributed by atoms with Crippen molar-refractivity contribution >= 4 is 5.91 Å². The minimum absolute atomic E-state index is 0.00665. The average Bonchev–Trinajstić information content (AvgIpc) is 3.42. The van der Waals surface area contributed by atoms with E-state index in [4.69, 9.17) is 4.52 Å². The summed E-state index contributed by atoms with van der Waals surface area (Å²) in [7, 11) is 0. The Labute approximate surface area is 154 Å². The number of rotatable bonds is 5. The van der Waals surface area contributed by atoms with Crippen molar-refractivity contribution in [3.63, 3.8) is 0 Å². The van der Waals surface area contributed by atoms with Crippen LogP contribution < -0.4 is 5.32 Å². The number of amides is 1. The maximum Gasteiger partial charge on any atom is 0.267 e. The Bertz CT molecular complexity index is 958. The molecular formula is C20H19F2N3O2. The highest BCUT2D eigenvalue weighted by atomic mass is 19.2. The third kappa shape index (κ3) is 3.49. The molecule has 1 saturated carbocycles. The lowest BCUT2D eigenvalue weighted by Gasteiger charge is -2.09. The number of carbonyl (C=O) groups is 1. The molecule has 0 bridgehead atoms. The van der Waals surface area contributed by atoms with E-state index >= 15 is 0 Å². The van der Waals surface area contributed by atoms with Crippen LogP contribution in [0.5, 0.6) is 0 Å². The number of nitrogens with zero attached hydrogens (tertiary/aromatic N) is 1. The minimum Gasteiger partial charge on any atom is -0.363 e. The van der Waals surface area contributed by atoms with Gasteiger partial charge in [0.25, 0.3) is 5.91 Å². The molecule has 4 rings (SSSR count). The molecule has 1 aliphatic rings. The number of nitrogens with one attached hydrogen (secondary N) is 2. The third-order valence-corrected chi connectivity index (χ3v) is 5.04. The van der Waals surface area contributed by atoms with E-state index < -0.39 is 11.6 Å². The van der Waals surface area contributed by atoms with Crippen molar-refractivity contribution in [2.45, 2.75) is 25.7 Å². The zero-order chi connectivity index (χ0) is 18.8. The van der Waals surface area contributed by atoms with Gasteiger partial charge in [-0.05, 0) is 37.0 Å². The molecular weight excluding hydrogens is 352 g/mol. The second-order valence-corrected chi connectivity index (χ2v) is 6.84. The van der Waals surface area contributed by atoms with Crippen molar-refractivity contribution in [2.75, 3.05) is 6.54 Å². The fraction of sp³-hybridized carbons (Fsp3) is 0.300. The summed E-state index contributed by atoms with van der Waals surface area (Å²) >= 11 is 0. The first-order valence-corrected chi connectivity index (χ1v) is 8.99. The molecule has 0 atom stereocenters. The zero-order valence-corrected chi connectivity index (χ0v) is 14.6. The summed E-state index contributed by atoms with van der Waals surface area (Å²) in [6.45, 7) is 0.667. The molecule has 0 saturated heterocycles. The SMILES string of the molecule is O=C(NCC1CCCC1)c1cc(-c2conc2-c2cccc(F)c2F)c[nH]1. The van der Waals surface area contributed by atoms with Crippen LogP contribution in [0.2, 0.25) is 0 Å². The molecule has 2 heterocycles. The smallest absolute Gasteiger partial charge is 0.267 e. The summed E-state index contributed by atoms with van der Waals surface area (Å²) < 4.78 is 32.6. The fourth-order valence-corrected chi connectivity index (χ4v) is 3.55. The first-order chi connectivity index (χ1) is 13.1. The van der Waals surface area contributed by atoms with Crippen LogP contribution in [0, 0.1) is 17.6 Å². The van der Waals surface area contributed by atoms with Gasteiger partial charge in [-0.2, -0.15) is 0 Å². The Kier molecular flexibility index (Phi) is 4.75. The Morgan fingerprint density at radius 2 is 2.07 bits per heavy atom. The first kappa shape index (κ1) is 17.5. The van der Waals surface area contributed by atoms with Gasteiger partial charge in [-0.3, -0.25) is 4.79 Å². The van der Waals surface area contributed by atoms with Crippen molar-refractivity contribution in [3.05, 3.63) is 54.1 Å². The van der Waals surface area contributed by atoms with Crippen molar-refractivity contribution in [1.29, 1.82) is 0 Å². The van der Waals surface area contributed by atoms with Gasteiger partial charge in [0.05, 0.1) is 5.56 Å². The van der Waals surface area contributed by atoms with E-state index in [1.54, 1.807) is 12.3 Å². The fourth-order valence-electron chi connectivity index (χ4n) is 3.55. The van der Waals surface area contributed by atoms with Crippen molar-refractivity contribution < 1.29 is 18.1 Å². The molecule has 1 fully saturated rings. The highest BCUT2D eigenvalue weighted by molar-refractivity contribution is 5.94. The number of aromatic nitrogens is 2. The largest absolute Gasteiger partial charge is 0.363 e. The van der Waals surface area contributed by atoms with Gasteiger partial charge in [0, 0.05) is 23.9 Å². The lowest BCUT2D eigenvalue weighted by atomic mass is 10.0. The molecule has 140 valence electrons. The van der Waals surface area contributed by atoms with E-state index in [0.717, 1.165) is 18.9 Å². The quantitative estimate of drug-likeness (QED) is 0.692. The zero-order valence-electron chi connectivity index (χ0n) is 14.6. The molecule has 3 aromatic rings. The molecule has 5 nitrogen and oxygen atoms in total. The molecule has 1 aromatic carbocycles. The number of aromatic amines is 1. The van der Waals surface area contributed by atoms with Gasteiger partial charge < -0.3 is 14.8 Å². The van der Waals surface area contributed by atoms with E-state index in [9.17, 15) is 13.6 Å². The normalized spacial score (nSPS) is 14.6. The average molecular weight is 371 g/mol. The topological polar surface area (TPSA) is 70.9 Å². The van der Waals surface area contributed by atoms with E-state index in [1.165, 1.54) is 31.2 Å². The summed E-state index contributed by atoms with van der Waals surface area (Å²) in [5.41, 5.74) is 1.68. The molecule has 0 unspecified atom stereocenters. The van der Waals surface area contributed by atoms with Gasteiger partial charge in [-0.25, -0.2) is 8.78 Å². The van der Waals surface area contributed by atoms with E-state index in [-0.39, 0.29) is 17.2 Å². The number of halogens is 2. The minimum atomic E-state index is -0.988. The number of hydrogen-bond donors (Lipinski definition) is 2. The van der Waals surface area contributed by atoms with Crippen LogP contribution in [0.15, 0.2) is 41.2 Å². The van der Waals surface area contributed by atoms with Crippen LogP contribution in [-0.4, -0.2) is 22.6 Å². The van der Waals surface area contributed by atoms with Crippen LogP contribution in [0.25, 0.3) is 22.4 Å². The number of hydrogen-bond acceptors (Lipinski definition) is 3. The summed E-state index contributed by atoms with van der Waals surface area (Å²) in [4.78, 5) is 15.3. The molecule has 1 aliphatic carbocycles. The predicted octanol–water partition coefficient (Wildman–Crippen LogP) is 4.53. The highest BCUT2D eigenvalue weighted by Gasteiger charge is 2.20. The first-order valence-electron chi connectivity index (χ1n) is 8.99. The molecule has 0 radical (unpaired) electrons. The van der Waals surface area contributed by atoms with Gasteiger partial charge >= 0.3 is 0 Å². The van der Waals surface area contributed by atoms with Crippen LogP contribution in [0.4, 0.5) is 8.78 Å². The summed E-state index contributed by atoms with van der Waals surface area (Å²) in [6, 6.07) is 5.53. The molecule has 27 heavy (non-hydrogen) atoms. The number of H-pyrrole nitrogens is 1. The third-order valence-electron chi connectivity index (χ3n) is 5.04. The van der Waals surface area contributed by atoms with E-state index in [1.807, 2.05) is 0 Å². The monoisotopic (exact) mass is 371 g/mol. The van der Waals surface area contributed by atoms with Crippen LogP contribution in [0.1, 0.15) is 36.2 Å². The van der Waals surface area contributed by atoms with Crippen molar-refractivity contribution in [2.24, 2.45) is 5.92 Å². The molecule has 1 amide bonds. The van der Waals surface area contributed by atoms with Gasteiger partial charge in [0.15, 0.2) is 11.6 Å². The van der Waals surface area contributed by atoms with Crippen LogP contribution in [0.3, 0.4) is 0 Å². The van der Waals surface area contributed by atoms with Crippen molar-refractivity contribution in [3.8, 4) is 22.4 Å². The maximum atomic E-state index is 14.1. The van der Waals surface area contributed by atoms with Gasteiger partial charge in [0.2, 0.25) is 0 Å². The predicted molar refractivity (Wildman–Crippen MR) is 95.9 cm³/mol. The molecule has 2 N–H and O–H groups in total. The molecule has 0 spiro atoms. The summed E-state index contributed by atoms with van der Waals surface area (Å²) in [6.07, 6.45) is 7.72. The number of carbonyl (C=O) groups excluding carboxylic acids is 1. The number of benzene rings is 1. The van der Waals surface area contributed by atoms with E-state index in [2.05, 4.69) is 15.5 Å². The van der Waals surface area contributed by atoms with Crippen LogP contribution >= 0.6 is 0 Å². The summed E-state index contributed by atoms with van der Waals surface area (Å²) in [5, 5.41) is 6.75. The molecule has 2 aromatic heterocycles. The van der Waals surface area contributed by atoms with Gasteiger partial charge in [-0.1, -0.05) is 24.1 Å². The molecule has 7 heteroatoms. The Morgan fingerprint density at radius 1 is 1.26 bits per heavy atom. The lowest BCUT2D eigenvalue weighted by molar-refractivity contribution is 0.0943. The van der Waals surface area contributed by atoms with Gasteiger partial charge in [0.1, 0.15) is 17.7 Å². The second-order valence-electron chi connectivity index (χ2n) is 6.84. The standard InChI is InChI=1S/C20H19F2N3O2/c21-16-7-3-6-14(18(16)22)19-15(11-27-25-19)13-8-17(23-10-13)20(26)24-9-12-4-1-2-5-12/h3,6-8,10-12,23H,1-2,4-5,9H2,(H,24,26). The highest BCUT2D eigenvalue weighted by Crippen LogP contribution is 2.33. The second kappa shape index (κ2) is 7.34. The Hall–Kier alpha value is -2.96. The maximum absolute atomic E-state index is 14.1. The summed E-state index contributed by atoms with van der Waals surface area (Å²) in [5.74, 6) is -1.59. The Morgan fingerprint density at radius 3 is 2.89 bits per heavy atom. The Balaban J connectivity index is 1.55. The lowest BCUT2D eigenvalue weighted by Crippen LogP contribution is -2.28. The van der Waals surface area contributed by atoms with E-state index in [0.29, 0.717) is 29.3 Å².